The lowest BCUT2D eigenvalue weighted by Crippen LogP contribution is -2.23. The quantitative estimate of drug-likeness (QED) is 0.742. The summed E-state index contributed by atoms with van der Waals surface area (Å²) in [7, 11) is 0. The maximum atomic E-state index is 4.19. The first-order chi connectivity index (χ1) is 7.81. The van der Waals surface area contributed by atoms with E-state index < -0.39 is 0 Å². The van der Waals surface area contributed by atoms with Crippen LogP contribution in [0, 0.1) is 5.92 Å². The zero-order chi connectivity index (χ0) is 11.8. The summed E-state index contributed by atoms with van der Waals surface area (Å²) in [5.41, 5.74) is 1.93. The molecule has 0 aliphatic heterocycles. The van der Waals surface area contributed by atoms with Crippen molar-refractivity contribution >= 4 is 11.3 Å². The van der Waals surface area contributed by atoms with Gasteiger partial charge in [-0.2, -0.15) is 0 Å². The third kappa shape index (κ3) is 4.22. The molecule has 1 unspecified atom stereocenters. The molecule has 1 N–H and O–H groups in total. The lowest BCUT2D eigenvalue weighted by atomic mass is 9.94. The molecule has 0 spiro atoms. The molecule has 1 aromatic heterocycles. The summed E-state index contributed by atoms with van der Waals surface area (Å²) in [6.07, 6.45) is 7.01. The zero-order valence-electron chi connectivity index (χ0n) is 10.7. The third-order valence-electron chi connectivity index (χ3n) is 3.16. The standard InChI is InChI=1S/C13H24N2S/c1-4-7-15-12(8-11(5-2)6-3)13-9-14-10-16-13/h9-12,15H,4-8H2,1-3H3. The Morgan fingerprint density at radius 1 is 1.31 bits per heavy atom. The molecule has 0 saturated heterocycles. The van der Waals surface area contributed by atoms with Crippen LogP contribution in [0.15, 0.2) is 11.7 Å². The zero-order valence-corrected chi connectivity index (χ0v) is 11.5. The Hall–Kier alpha value is -0.410. The van der Waals surface area contributed by atoms with Gasteiger partial charge in [-0.3, -0.25) is 4.98 Å². The van der Waals surface area contributed by atoms with Gasteiger partial charge in [0.05, 0.1) is 5.51 Å². The van der Waals surface area contributed by atoms with Gasteiger partial charge in [0.2, 0.25) is 0 Å². The highest BCUT2D eigenvalue weighted by Crippen LogP contribution is 2.27. The Morgan fingerprint density at radius 2 is 2.06 bits per heavy atom. The first kappa shape index (κ1) is 13.7. The first-order valence-corrected chi connectivity index (χ1v) is 7.31. The minimum Gasteiger partial charge on any atom is -0.309 e. The van der Waals surface area contributed by atoms with Crippen LogP contribution in [0.1, 0.15) is 57.4 Å². The van der Waals surface area contributed by atoms with E-state index in [4.69, 9.17) is 0 Å². The highest BCUT2D eigenvalue weighted by molar-refractivity contribution is 7.09. The van der Waals surface area contributed by atoms with Gasteiger partial charge in [-0.1, -0.05) is 33.6 Å². The van der Waals surface area contributed by atoms with Gasteiger partial charge >= 0.3 is 0 Å². The van der Waals surface area contributed by atoms with Crippen LogP contribution in [0.2, 0.25) is 0 Å². The fraction of sp³-hybridized carbons (Fsp3) is 0.769. The Morgan fingerprint density at radius 3 is 2.56 bits per heavy atom. The predicted octanol–water partition coefficient (Wildman–Crippen LogP) is 4.01. The molecular weight excluding hydrogens is 216 g/mol. The largest absolute Gasteiger partial charge is 0.309 e. The second kappa shape index (κ2) is 7.80. The van der Waals surface area contributed by atoms with E-state index in [0.717, 1.165) is 12.5 Å². The Labute approximate surface area is 103 Å². The van der Waals surface area contributed by atoms with Gasteiger partial charge < -0.3 is 5.32 Å². The predicted molar refractivity (Wildman–Crippen MR) is 71.8 cm³/mol. The van der Waals surface area contributed by atoms with E-state index in [2.05, 4.69) is 31.1 Å². The summed E-state index contributed by atoms with van der Waals surface area (Å²) in [6.45, 7) is 7.89. The van der Waals surface area contributed by atoms with Crippen LogP contribution in [0.5, 0.6) is 0 Å². The molecule has 1 rings (SSSR count). The fourth-order valence-electron chi connectivity index (χ4n) is 1.97. The highest BCUT2D eigenvalue weighted by Gasteiger charge is 2.16. The molecule has 0 fully saturated rings. The van der Waals surface area contributed by atoms with Crippen molar-refractivity contribution in [3.63, 3.8) is 0 Å². The van der Waals surface area contributed by atoms with Crippen LogP contribution >= 0.6 is 11.3 Å². The molecule has 0 aliphatic rings. The number of nitrogens with zero attached hydrogens (tertiary/aromatic N) is 1. The minimum atomic E-state index is 0.511. The molecule has 0 radical (unpaired) electrons. The molecule has 0 bridgehead atoms. The molecule has 3 heteroatoms. The first-order valence-electron chi connectivity index (χ1n) is 6.43. The van der Waals surface area contributed by atoms with E-state index in [0.29, 0.717) is 6.04 Å². The van der Waals surface area contributed by atoms with Crippen molar-refractivity contribution in [2.45, 2.75) is 52.5 Å². The van der Waals surface area contributed by atoms with E-state index >= 15 is 0 Å². The van der Waals surface area contributed by atoms with Crippen molar-refractivity contribution in [2.24, 2.45) is 5.92 Å². The van der Waals surface area contributed by atoms with Gasteiger partial charge in [-0.05, 0) is 25.3 Å². The summed E-state index contributed by atoms with van der Waals surface area (Å²) < 4.78 is 0. The molecule has 0 saturated carbocycles. The second-order valence-corrected chi connectivity index (χ2v) is 5.25. The summed E-state index contributed by atoms with van der Waals surface area (Å²) >= 11 is 1.77. The van der Waals surface area contributed by atoms with E-state index in [9.17, 15) is 0 Å². The van der Waals surface area contributed by atoms with Crippen LogP contribution in [-0.4, -0.2) is 11.5 Å². The van der Waals surface area contributed by atoms with Crippen molar-refractivity contribution < 1.29 is 0 Å². The van der Waals surface area contributed by atoms with Crippen LogP contribution < -0.4 is 5.32 Å². The average Bonchev–Trinajstić information content (AvgIpc) is 2.83. The van der Waals surface area contributed by atoms with Gasteiger partial charge in [-0.25, -0.2) is 0 Å². The average molecular weight is 240 g/mol. The lowest BCUT2D eigenvalue weighted by molar-refractivity contribution is 0.374. The topological polar surface area (TPSA) is 24.9 Å². The Balaban J connectivity index is 2.56. The van der Waals surface area contributed by atoms with Crippen molar-refractivity contribution in [2.75, 3.05) is 6.54 Å². The molecule has 1 heterocycles. The minimum absolute atomic E-state index is 0.511. The summed E-state index contributed by atoms with van der Waals surface area (Å²) in [6, 6.07) is 0.511. The van der Waals surface area contributed by atoms with Crippen molar-refractivity contribution in [1.29, 1.82) is 0 Å². The number of hydrogen-bond acceptors (Lipinski definition) is 3. The van der Waals surface area contributed by atoms with Crippen molar-refractivity contribution in [3.8, 4) is 0 Å². The molecule has 0 aliphatic carbocycles. The van der Waals surface area contributed by atoms with E-state index in [-0.39, 0.29) is 0 Å². The third-order valence-corrected chi connectivity index (χ3v) is 4.05. The molecule has 2 nitrogen and oxygen atoms in total. The molecule has 0 aromatic carbocycles. The van der Waals surface area contributed by atoms with E-state index in [1.54, 1.807) is 11.3 Å². The summed E-state index contributed by atoms with van der Waals surface area (Å²) in [5.74, 6) is 0.830. The summed E-state index contributed by atoms with van der Waals surface area (Å²) in [4.78, 5) is 5.58. The van der Waals surface area contributed by atoms with Crippen LogP contribution in [0.4, 0.5) is 0 Å². The van der Waals surface area contributed by atoms with Crippen LogP contribution in [0.3, 0.4) is 0 Å². The van der Waals surface area contributed by atoms with Crippen LogP contribution in [-0.2, 0) is 0 Å². The fourth-order valence-corrected chi connectivity index (χ4v) is 2.68. The molecule has 1 aromatic rings. The maximum absolute atomic E-state index is 4.19. The number of hydrogen-bond donors (Lipinski definition) is 1. The monoisotopic (exact) mass is 240 g/mol. The van der Waals surface area contributed by atoms with Crippen molar-refractivity contribution in [3.05, 3.63) is 16.6 Å². The smallest absolute Gasteiger partial charge is 0.0794 e. The molecule has 0 amide bonds. The van der Waals surface area contributed by atoms with Gasteiger partial charge in [0, 0.05) is 17.1 Å². The van der Waals surface area contributed by atoms with E-state index in [1.807, 2.05) is 11.7 Å². The van der Waals surface area contributed by atoms with Crippen molar-refractivity contribution in [1.82, 2.24) is 10.3 Å². The molecule has 1 atom stereocenters. The van der Waals surface area contributed by atoms with Gasteiger partial charge in [0.1, 0.15) is 0 Å². The number of thiazole rings is 1. The Kier molecular flexibility index (Phi) is 6.65. The highest BCUT2D eigenvalue weighted by atomic mass is 32.1. The van der Waals surface area contributed by atoms with Gasteiger partial charge in [0.25, 0.3) is 0 Å². The Bertz CT molecular complexity index is 255. The number of nitrogens with one attached hydrogen (secondary N) is 1. The SMILES string of the molecule is CCCNC(CC(CC)CC)c1cncs1. The number of rotatable bonds is 8. The van der Waals surface area contributed by atoms with Crippen LogP contribution in [0.25, 0.3) is 0 Å². The van der Waals surface area contributed by atoms with Gasteiger partial charge in [0.15, 0.2) is 0 Å². The molecular formula is C13H24N2S. The van der Waals surface area contributed by atoms with E-state index in [1.165, 1.54) is 30.6 Å². The maximum Gasteiger partial charge on any atom is 0.0794 e. The number of aromatic nitrogens is 1. The summed E-state index contributed by atoms with van der Waals surface area (Å²) in [5, 5.41) is 3.64. The molecule has 92 valence electrons. The van der Waals surface area contributed by atoms with Gasteiger partial charge in [-0.15, -0.1) is 11.3 Å². The second-order valence-electron chi connectivity index (χ2n) is 4.33. The molecule has 16 heavy (non-hydrogen) atoms. The lowest BCUT2D eigenvalue weighted by Gasteiger charge is -2.21. The normalized spacial score (nSPS) is 13.2.